The lowest BCUT2D eigenvalue weighted by Crippen LogP contribution is -2.10. The maximum atomic E-state index is 11.8. The van der Waals surface area contributed by atoms with Gasteiger partial charge in [0.1, 0.15) is 5.75 Å². The molecule has 0 radical (unpaired) electrons. The standard InChI is InChI=1S/C13H12BrNO3/c1-2-17-10-5-3-4-9(8-10)15-13(16)11-6-7-12(14)18-11/h3-8H,2H2,1H3,(H,15,16). The number of carbonyl (C=O) groups is 1. The molecule has 1 aromatic heterocycles. The number of anilines is 1. The molecule has 0 aliphatic carbocycles. The number of halogens is 1. The second-order valence-electron chi connectivity index (χ2n) is 3.52. The van der Waals surface area contributed by atoms with Crippen LogP contribution >= 0.6 is 15.9 Å². The average molecular weight is 310 g/mol. The summed E-state index contributed by atoms with van der Waals surface area (Å²) in [6.45, 7) is 2.49. The third-order valence-corrected chi connectivity index (χ3v) is 2.63. The Labute approximate surface area is 113 Å². The Morgan fingerprint density at radius 1 is 1.39 bits per heavy atom. The Morgan fingerprint density at radius 2 is 2.22 bits per heavy atom. The van der Waals surface area contributed by atoms with E-state index in [1.807, 2.05) is 19.1 Å². The monoisotopic (exact) mass is 309 g/mol. The van der Waals surface area contributed by atoms with Gasteiger partial charge in [-0.2, -0.15) is 0 Å². The van der Waals surface area contributed by atoms with Crippen LogP contribution in [-0.2, 0) is 0 Å². The number of hydrogen-bond donors (Lipinski definition) is 1. The summed E-state index contributed by atoms with van der Waals surface area (Å²) in [6.07, 6.45) is 0. The SMILES string of the molecule is CCOc1cccc(NC(=O)c2ccc(Br)o2)c1. The van der Waals surface area contributed by atoms with Crippen LogP contribution in [0, 0.1) is 0 Å². The van der Waals surface area contributed by atoms with Crippen molar-refractivity contribution in [2.24, 2.45) is 0 Å². The summed E-state index contributed by atoms with van der Waals surface area (Å²) in [4.78, 5) is 11.8. The van der Waals surface area contributed by atoms with Crippen LogP contribution in [0.2, 0.25) is 0 Å². The maximum Gasteiger partial charge on any atom is 0.291 e. The highest BCUT2D eigenvalue weighted by atomic mass is 79.9. The van der Waals surface area contributed by atoms with Crippen molar-refractivity contribution < 1.29 is 13.9 Å². The molecule has 0 saturated carbocycles. The zero-order chi connectivity index (χ0) is 13.0. The zero-order valence-electron chi connectivity index (χ0n) is 9.77. The molecule has 1 heterocycles. The maximum absolute atomic E-state index is 11.8. The first kappa shape index (κ1) is 12.7. The van der Waals surface area contributed by atoms with Crippen molar-refractivity contribution in [2.45, 2.75) is 6.92 Å². The van der Waals surface area contributed by atoms with Crippen molar-refractivity contribution in [1.82, 2.24) is 0 Å². The van der Waals surface area contributed by atoms with Crippen molar-refractivity contribution in [3.05, 3.63) is 46.8 Å². The summed E-state index contributed by atoms with van der Waals surface area (Å²) in [5.41, 5.74) is 0.665. The molecule has 0 atom stereocenters. The Balaban J connectivity index is 2.09. The molecule has 0 saturated heterocycles. The predicted molar refractivity (Wildman–Crippen MR) is 72.0 cm³/mol. The van der Waals surface area contributed by atoms with E-state index in [1.54, 1.807) is 24.3 Å². The normalized spacial score (nSPS) is 10.1. The second kappa shape index (κ2) is 5.73. The van der Waals surface area contributed by atoms with E-state index in [2.05, 4.69) is 21.2 Å². The van der Waals surface area contributed by atoms with E-state index in [-0.39, 0.29) is 11.7 Å². The van der Waals surface area contributed by atoms with E-state index in [1.165, 1.54) is 0 Å². The number of amides is 1. The van der Waals surface area contributed by atoms with Gasteiger partial charge in [0.2, 0.25) is 0 Å². The summed E-state index contributed by atoms with van der Waals surface area (Å²) in [6, 6.07) is 10.5. The Bertz CT molecular complexity index is 551. The number of furan rings is 1. The molecule has 1 aromatic carbocycles. The average Bonchev–Trinajstić information content (AvgIpc) is 2.77. The van der Waals surface area contributed by atoms with Gasteiger partial charge in [0, 0.05) is 11.8 Å². The summed E-state index contributed by atoms with van der Waals surface area (Å²) in [7, 11) is 0. The molecule has 0 aliphatic rings. The predicted octanol–water partition coefficient (Wildman–Crippen LogP) is 3.69. The van der Waals surface area contributed by atoms with Gasteiger partial charge in [-0.1, -0.05) is 6.07 Å². The van der Waals surface area contributed by atoms with Crippen LogP contribution in [0.15, 0.2) is 45.5 Å². The van der Waals surface area contributed by atoms with Gasteiger partial charge in [0.25, 0.3) is 5.91 Å². The molecular formula is C13H12BrNO3. The third-order valence-electron chi connectivity index (χ3n) is 2.20. The van der Waals surface area contributed by atoms with Crippen molar-refractivity contribution in [2.75, 3.05) is 11.9 Å². The lowest BCUT2D eigenvalue weighted by atomic mass is 10.3. The molecule has 1 N–H and O–H groups in total. The molecule has 0 fully saturated rings. The molecule has 2 aromatic rings. The Hall–Kier alpha value is -1.75. The highest BCUT2D eigenvalue weighted by Crippen LogP contribution is 2.19. The van der Waals surface area contributed by atoms with Crippen LogP contribution in [0.5, 0.6) is 5.75 Å². The van der Waals surface area contributed by atoms with Gasteiger partial charge in [-0.05, 0) is 47.1 Å². The Kier molecular flexibility index (Phi) is 4.04. The molecule has 0 bridgehead atoms. The largest absolute Gasteiger partial charge is 0.494 e. The minimum Gasteiger partial charge on any atom is -0.494 e. The fraction of sp³-hybridized carbons (Fsp3) is 0.154. The van der Waals surface area contributed by atoms with Gasteiger partial charge in [0.05, 0.1) is 6.61 Å². The van der Waals surface area contributed by atoms with Crippen LogP contribution in [0.4, 0.5) is 5.69 Å². The summed E-state index contributed by atoms with van der Waals surface area (Å²) in [5, 5.41) is 2.74. The van der Waals surface area contributed by atoms with Gasteiger partial charge in [-0.25, -0.2) is 0 Å². The van der Waals surface area contributed by atoms with Gasteiger partial charge in [0.15, 0.2) is 10.4 Å². The van der Waals surface area contributed by atoms with E-state index in [9.17, 15) is 4.79 Å². The zero-order valence-corrected chi connectivity index (χ0v) is 11.4. The minimum atomic E-state index is -0.297. The van der Waals surface area contributed by atoms with Gasteiger partial charge >= 0.3 is 0 Å². The third kappa shape index (κ3) is 3.13. The van der Waals surface area contributed by atoms with E-state index in [0.717, 1.165) is 5.75 Å². The van der Waals surface area contributed by atoms with Crippen molar-refractivity contribution in [3.8, 4) is 5.75 Å². The number of benzene rings is 1. The lowest BCUT2D eigenvalue weighted by molar-refractivity contribution is 0.0995. The first-order valence-corrected chi connectivity index (χ1v) is 6.28. The molecule has 0 aliphatic heterocycles. The van der Waals surface area contributed by atoms with Crippen LogP contribution in [0.3, 0.4) is 0 Å². The molecule has 0 spiro atoms. The summed E-state index contributed by atoms with van der Waals surface area (Å²) in [5.74, 6) is 0.675. The highest BCUT2D eigenvalue weighted by molar-refractivity contribution is 9.10. The summed E-state index contributed by atoms with van der Waals surface area (Å²) >= 11 is 3.15. The Morgan fingerprint density at radius 3 is 2.89 bits per heavy atom. The minimum absolute atomic E-state index is 0.253. The number of ether oxygens (including phenoxy) is 1. The van der Waals surface area contributed by atoms with E-state index >= 15 is 0 Å². The van der Waals surface area contributed by atoms with Gasteiger partial charge in [-0.15, -0.1) is 0 Å². The van der Waals surface area contributed by atoms with Crippen molar-refractivity contribution >= 4 is 27.5 Å². The molecule has 94 valence electrons. The first-order chi connectivity index (χ1) is 8.69. The number of carbonyl (C=O) groups excluding carboxylic acids is 1. The molecule has 2 rings (SSSR count). The molecule has 1 amide bonds. The first-order valence-electron chi connectivity index (χ1n) is 5.48. The topological polar surface area (TPSA) is 51.5 Å². The van der Waals surface area contributed by atoms with Gasteiger partial charge < -0.3 is 14.5 Å². The molecule has 4 nitrogen and oxygen atoms in total. The van der Waals surface area contributed by atoms with Crippen LogP contribution < -0.4 is 10.1 Å². The highest BCUT2D eigenvalue weighted by Gasteiger charge is 2.10. The van der Waals surface area contributed by atoms with E-state index in [4.69, 9.17) is 9.15 Å². The number of hydrogen-bond acceptors (Lipinski definition) is 3. The van der Waals surface area contributed by atoms with Crippen LogP contribution in [-0.4, -0.2) is 12.5 Å². The quantitative estimate of drug-likeness (QED) is 0.937. The molecule has 5 heteroatoms. The smallest absolute Gasteiger partial charge is 0.291 e. The van der Waals surface area contributed by atoms with Crippen molar-refractivity contribution in [1.29, 1.82) is 0 Å². The van der Waals surface area contributed by atoms with Crippen LogP contribution in [0.1, 0.15) is 17.5 Å². The van der Waals surface area contributed by atoms with E-state index < -0.39 is 0 Å². The fourth-order valence-corrected chi connectivity index (χ4v) is 1.77. The molecular weight excluding hydrogens is 298 g/mol. The van der Waals surface area contributed by atoms with E-state index in [0.29, 0.717) is 17.0 Å². The summed E-state index contributed by atoms with van der Waals surface area (Å²) < 4.78 is 11.0. The van der Waals surface area contributed by atoms with Gasteiger partial charge in [-0.3, -0.25) is 4.79 Å². The second-order valence-corrected chi connectivity index (χ2v) is 4.30. The number of rotatable bonds is 4. The molecule has 18 heavy (non-hydrogen) atoms. The molecule has 0 unspecified atom stereocenters. The van der Waals surface area contributed by atoms with Crippen LogP contribution in [0.25, 0.3) is 0 Å². The van der Waals surface area contributed by atoms with Crippen molar-refractivity contribution in [3.63, 3.8) is 0 Å². The fourth-order valence-electron chi connectivity index (χ4n) is 1.46. The lowest BCUT2D eigenvalue weighted by Gasteiger charge is -2.06. The number of nitrogens with one attached hydrogen (secondary N) is 1.